The van der Waals surface area contributed by atoms with E-state index >= 15 is 0 Å². The first-order valence-electron chi connectivity index (χ1n) is 11.6. The predicted molar refractivity (Wildman–Crippen MR) is 125 cm³/mol. The molecule has 8 nitrogen and oxygen atoms in total. The molecule has 1 aliphatic heterocycles. The van der Waals surface area contributed by atoms with Gasteiger partial charge in [-0.2, -0.15) is 30.7 Å². The van der Waals surface area contributed by atoms with Gasteiger partial charge in [0.2, 0.25) is 5.95 Å². The Kier molecular flexibility index (Phi) is 6.98. The maximum Gasteiger partial charge on any atom is 0.417 e. The van der Waals surface area contributed by atoms with E-state index in [4.69, 9.17) is 0 Å². The molecule has 15 heteroatoms. The van der Waals surface area contributed by atoms with Crippen LogP contribution in [0.5, 0.6) is 0 Å². The molecule has 4 rings (SSSR count). The van der Waals surface area contributed by atoms with Crippen molar-refractivity contribution in [3.8, 4) is 0 Å². The number of aromatic nitrogens is 3. The molecule has 3 aromatic rings. The summed E-state index contributed by atoms with van der Waals surface area (Å²) in [5.74, 6) is -3.18. The SMILES string of the molecule is CC1(C)CCN(c2cc(=O)n3cc(C(F)(F)F)cc(C(Nc4ccc(F)nc4C(=O)O)C(F)(F)F)c3n2)CC1. The number of pyridine rings is 2. The molecular weight excluding hydrogens is 539 g/mol. The second-order valence-electron chi connectivity index (χ2n) is 9.93. The van der Waals surface area contributed by atoms with E-state index in [1.807, 2.05) is 19.2 Å². The zero-order chi connectivity index (χ0) is 28.9. The zero-order valence-electron chi connectivity index (χ0n) is 20.5. The van der Waals surface area contributed by atoms with Gasteiger partial charge in [0.25, 0.3) is 5.56 Å². The van der Waals surface area contributed by atoms with Crippen LogP contribution >= 0.6 is 0 Å². The number of hydrogen-bond acceptors (Lipinski definition) is 6. The van der Waals surface area contributed by atoms with Crippen molar-refractivity contribution in [1.29, 1.82) is 0 Å². The lowest BCUT2D eigenvalue weighted by atomic mass is 9.83. The second kappa shape index (κ2) is 9.68. The Hall–Kier alpha value is -3.91. The molecule has 4 heterocycles. The number of nitrogens with one attached hydrogen (secondary N) is 1. The van der Waals surface area contributed by atoms with Crippen molar-refractivity contribution >= 4 is 23.1 Å². The molecule has 1 atom stereocenters. The molecule has 39 heavy (non-hydrogen) atoms. The number of piperidine rings is 1. The van der Waals surface area contributed by atoms with Crippen LogP contribution in [0.1, 0.15) is 54.3 Å². The van der Waals surface area contributed by atoms with E-state index in [9.17, 15) is 45.4 Å². The Morgan fingerprint density at radius 2 is 1.72 bits per heavy atom. The Balaban J connectivity index is 1.95. The van der Waals surface area contributed by atoms with Gasteiger partial charge in [-0.25, -0.2) is 14.8 Å². The summed E-state index contributed by atoms with van der Waals surface area (Å²) in [4.78, 5) is 33.3. The van der Waals surface area contributed by atoms with E-state index in [1.165, 1.54) is 0 Å². The van der Waals surface area contributed by atoms with Gasteiger partial charge < -0.3 is 15.3 Å². The summed E-state index contributed by atoms with van der Waals surface area (Å²) in [5, 5.41) is 11.1. The third-order valence-corrected chi connectivity index (χ3v) is 6.55. The van der Waals surface area contributed by atoms with Gasteiger partial charge >= 0.3 is 18.3 Å². The Morgan fingerprint density at radius 1 is 1.08 bits per heavy atom. The topological polar surface area (TPSA) is 99.8 Å². The predicted octanol–water partition coefficient (Wildman–Crippen LogP) is 5.29. The van der Waals surface area contributed by atoms with Crippen LogP contribution in [0.15, 0.2) is 35.3 Å². The number of hydrogen-bond donors (Lipinski definition) is 2. The lowest BCUT2D eigenvalue weighted by Crippen LogP contribution is -2.38. The van der Waals surface area contributed by atoms with Crippen molar-refractivity contribution in [3.63, 3.8) is 0 Å². The first kappa shape index (κ1) is 28.1. The van der Waals surface area contributed by atoms with Crippen molar-refractivity contribution in [1.82, 2.24) is 14.4 Å². The van der Waals surface area contributed by atoms with Gasteiger partial charge in [-0.05, 0) is 36.5 Å². The highest BCUT2D eigenvalue weighted by atomic mass is 19.4. The molecule has 0 radical (unpaired) electrons. The van der Waals surface area contributed by atoms with Crippen molar-refractivity contribution in [2.24, 2.45) is 5.41 Å². The number of rotatable bonds is 5. The number of carboxylic acids is 1. The highest BCUT2D eigenvalue weighted by Crippen LogP contribution is 2.40. The molecule has 3 aromatic heterocycles. The van der Waals surface area contributed by atoms with Gasteiger partial charge in [0.15, 0.2) is 11.7 Å². The number of carbonyl (C=O) groups is 1. The molecule has 1 saturated heterocycles. The molecule has 0 saturated carbocycles. The smallest absolute Gasteiger partial charge is 0.417 e. The lowest BCUT2D eigenvalue weighted by Gasteiger charge is -2.37. The minimum absolute atomic E-state index is 0.00731. The average molecular weight is 561 g/mol. The molecule has 0 aromatic carbocycles. The number of nitrogens with zero attached hydrogens (tertiary/aromatic N) is 4. The number of fused-ring (bicyclic) bond motifs is 1. The second-order valence-corrected chi connectivity index (χ2v) is 9.93. The minimum atomic E-state index is -5.32. The summed E-state index contributed by atoms with van der Waals surface area (Å²) in [7, 11) is 0. The van der Waals surface area contributed by atoms with Gasteiger partial charge in [0.05, 0.1) is 11.3 Å². The van der Waals surface area contributed by atoms with Crippen LogP contribution in [0.3, 0.4) is 0 Å². The molecule has 0 aliphatic carbocycles. The van der Waals surface area contributed by atoms with E-state index in [2.05, 4.69) is 9.97 Å². The van der Waals surface area contributed by atoms with Crippen LogP contribution in [0.4, 0.5) is 42.2 Å². The summed E-state index contributed by atoms with van der Waals surface area (Å²) in [6, 6.07) is -0.570. The van der Waals surface area contributed by atoms with Crippen LogP contribution < -0.4 is 15.8 Å². The molecule has 210 valence electrons. The number of carboxylic acid groups (broad SMARTS) is 1. The highest BCUT2D eigenvalue weighted by molar-refractivity contribution is 5.92. The maximum absolute atomic E-state index is 14.4. The normalized spacial score (nSPS) is 16.8. The van der Waals surface area contributed by atoms with Crippen LogP contribution in [0.2, 0.25) is 0 Å². The van der Waals surface area contributed by atoms with Crippen LogP contribution in [-0.4, -0.2) is 44.7 Å². The molecule has 0 bridgehead atoms. The van der Waals surface area contributed by atoms with Crippen LogP contribution in [0, 0.1) is 11.4 Å². The van der Waals surface area contributed by atoms with Crippen molar-refractivity contribution in [2.45, 2.75) is 45.1 Å². The summed E-state index contributed by atoms with van der Waals surface area (Å²) >= 11 is 0. The highest BCUT2D eigenvalue weighted by Gasteiger charge is 2.44. The first-order valence-corrected chi connectivity index (χ1v) is 11.6. The minimum Gasteiger partial charge on any atom is -0.476 e. The quantitative estimate of drug-likeness (QED) is 0.323. The van der Waals surface area contributed by atoms with Gasteiger partial charge in [-0.15, -0.1) is 0 Å². The van der Waals surface area contributed by atoms with E-state index in [0.717, 1.165) is 6.07 Å². The largest absolute Gasteiger partial charge is 0.476 e. The van der Waals surface area contributed by atoms with Gasteiger partial charge in [0, 0.05) is 30.9 Å². The van der Waals surface area contributed by atoms with Crippen molar-refractivity contribution in [2.75, 3.05) is 23.3 Å². The fraction of sp³-hybridized carbons (Fsp3) is 0.417. The van der Waals surface area contributed by atoms with E-state index in [1.54, 1.807) is 4.90 Å². The third kappa shape index (κ3) is 5.91. The molecule has 1 unspecified atom stereocenters. The van der Waals surface area contributed by atoms with Crippen LogP contribution in [0.25, 0.3) is 5.65 Å². The summed E-state index contributed by atoms with van der Waals surface area (Å²) in [6.07, 6.45) is -8.75. The lowest BCUT2D eigenvalue weighted by molar-refractivity contribution is -0.145. The number of halogens is 7. The van der Waals surface area contributed by atoms with E-state index in [-0.39, 0.29) is 17.3 Å². The fourth-order valence-electron chi connectivity index (χ4n) is 4.29. The van der Waals surface area contributed by atoms with E-state index in [0.29, 0.717) is 48.7 Å². The van der Waals surface area contributed by atoms with Crippen molar-refractivity contribution < 1.29 is 40.6 Å². The summed E-state index contributed by atoms with van der Waals surface area (Å²) < 4.78 is 98.1. The van der Waals surface area contributed by atoms with Crippen molar-refractivity contribution in [3.05, 3.63) is 63.6 Å². The number of aromatic carboxylic acids is 1. The maximum atomic E-state index is 14.4. The number of anilines is 2. The Labute approximate surface area is 216 Å². The van der Waals surface area contributed by atoms with Gasteiger partial charge in [0.1, 0.15) is 11.5 Å². The standard InChI is InChI=1S/C24H22F7N5O3/c1-22(2)5-7-35(8-6-22)16-10-17(37)36-11-12(23(26,27)28)9-13(20(36)34-16)19(24(29,30)31)32-14-3-4-15(25)33-18(14)21(38)39/h3-4,9-11,19,32H,5-8H2,1-2H3,(H,38,39). The molecule has 1 aliphatic rings. The molecule has 0 amide bonds. The molecule has 1 fully saturated rings. The zero-order valence-corrected chi connectivity index (χ0v) is 20.5. The summed E-state index contributed by atoms with van der Waals surface area (Å²) in [5.41, 5.74) is -6.35. The third-order valence-electron chi connectivity index (χ3n) is 6.55. The monoisotopic (exact) mass is 561 g/mol. The molecule has 2 N–H and O–H groups in total. The molecule has 0 spiro atoms. The van der Waals surface area contributed by atoms with Gasteiger partial charge in [-0.3, -0.25) is 9.20 Å². The first-order chi connectivity index (χ1) is 18.0. The van der Waals surface area contributed by atoms with E-state index < -0.39 is 64.0 Å². The Bertz CT molecular complexity index is 1470. The molecular formula is C24H22F7N5O3. The average Bonchev–Trinajstić information content (AvgIpc) is 2.81. The Morgan fingerprint density at radius 3 is 2.28 bits per heavy atom. The summed E-state index contributed by atoms with van der Waals surface area (Å²) in [6.45, 7) is 4.88. The number of alkyl halides is 6. The van der Waals surface area contributed by atoms with Crippen LogP contribution in [-0.2, 0) is 6.18 Å². The fourth-order valence-corrected chi connectivity index (χ4v) is 4.29. The van der Waals surface area contributed by atoms with Gasteiger partial charge in [-0.1, -0.05) is 13.8 Å².